The van der Waals surface area contributed by atoms with E-state index in [1.807, 2.05) is 49.0 Å². The summed E-state index contributed by atoms with van der Waals surface area (Å²) in [4.78, 5) is 0. The Hall–Kier alpha value is -0.690. The molecule has 0 aromatic heterocycles. The smallest absolute Gasteiger partial charge is 0.192 e. The van der Waals surface area contributed by atoms with E-state index in [1.165, 1.54) is 12.0 Å². The third kappa shape index (κ3) is 8.31. The standard InChI is InChI=1S/C9H11IO.C2H6.C2H2/c1-2-3-8-4-6-9(11-10)7-5-8;2*1-2/h4-7H,2-3H2,1H3;1-2H3;1-2H. The molecule has 0 N–H and O–H groups in total. The number of terminal acetylenes is 1. The first-order valence-corrected chi connectivity index (χ1v) is 5.95. The second-order valence-electron chi connectivity index (χ2n) is 2.47. The lowest BCUT2D eigenvalue weighted by molar-refractivity contribution is 0.716. The van der Waals surface area contributed by atoms with Gasteiger partial charge in [0.2, 0.25) is 0 Å². The van der Waals surface area contributed by atoms with Gasteiger partial charge < -0.3 is 3.07 Å². The van der Waals surface area contributed by atoms with Crippen LogP contribution in [0.3, 0.4) is 0 Å². The zero-order valence-electron chi connectivity index (χ0n) is 9.66. The third-order valence-corrected chi connectivity index (χ3v) is 2.06. The molecule has 0 aliphatic rings. The molecule has 0 saturated heterocycles. The summed E-state index contributed by atoms with van der Waals surface area (Å²) in [5, 5.41) is 0. The fourth-order valence-electron chi connectivity index (χ4n) is 0.996. The summed E-state index contributed by atoms with van der Waals surface area (Å²) in [5.41, 5.74) is 1.38. The maximum absolute atomic E-state index is 5.02. The molecule has 0 atom stereocenters. The van der Waals surface area contributed by atoms with E-state index >= 15 is 0 Å². The highest BCUT2D eigenvalue weighted by atomic mass is 127. The summed E-state index contributed by atoms with van der Waals surface area (Å²) in [6, 6.07) is 8.21. The summed E-state index contributed by atoms with van der Waals surface area (Å²) in [7, 11) is 0. The third-order valence-electron chi connectivity index (χ3n) is 1.55. The SMILES string of the molecule is C#C.CC.CCCc1ccc(OI)cc1. The van der Waals surface area contributed by atoms with Crippen LogP contribution in [0.5, 0.6) is 5.75 Å². The Morgan fingerprint density at radius 2 is 1.60 bits per heavy atom. The molecule has 1 rings (SSSR count). The Kier molecular flexibility index (Phi) is 14.8. The number of rotatable bonds is 3. The van der Waals surface area contributed by atoms with Crippen LogP contribution in [0.2, 0.25) is 0 Å². The van der Waals surface area contributed by atoms with Crippen molar-refractivity contribution in [3.05, 3.63) is 29.8 Å². The van der Waals surface area contributed by atoms with Gasteiger partial charge in [-0.15, -0.1) is 12.8 Å². The number of hydrogen-bond donors (Lipinski definition) is 0. The van der Waals surface area contributed by atoms with Gasteiger partial charge in [-0.25, -0.2) is 0 Å². The molecule has 1 aromatic rings. The molecule has 0 radical (unpaired) electrons. The molecule has 84 valence electrons. The second-order valence-corrected chi connectivity index (χ2v) is 2.91. The number of benzene rings is 1. The average Bonchev–Trinajstić information content (AvgIpc) is 2.36. The molecule has 0 amide bonds. The zero-order valence-corrected chi connectivity index (χ0v) is 11.8. The molecule has 2 heteroatoms. The predicted molar refractivity (Wildman–Crippen MR) is 76.3 cm³/mol. The van der Waals surface area contributed by atoms with E-state index in [2.05, 4.69) is 31.9 Å². The Bertz CT molecular complexity index is 238. The Morgan fingerprint density at radius 1 is 1.13 bits per heavy atom. The summed E-state index contributed by atoms with van der Waals surface area (Å²) in [5.74, 6) is 0.922. The van der Waals surface area contributed by atoms with Crippen molar-refractivity contribution in [3.8, 4) is 18.6 Å². The Balaban J connectivity index is 0. The summed E-state index contributed by atoms with van der Waals surface area (Å²) < 4.78 is 5.02. The van der Waals surface area contributed by atoms with E-state index in [1.54, 1.807) is 0 Å². The molecule has 1 aromatic carbocycles. The van der Waals surface area contributed by atoms with Gasteiger partial charge in [0.1, 0.15) is 5.75 Å². The van der Waals surface area contributed by atoms with Crippen LogP contribution < -0.4 is 3.07 Å². The largest absolute Gasteiger partial charge is 0.428 e. The molecular formula is C13H19IO. The van der Waals surface area contributed by atoms with Crippen LogP contribution in [0.25, 0.3) is 0 Å². The molecule has 1 nitrogen and oxygen atoms in total. The molecule has 0 aliphatic heterocycles. The number of hydrogen-bond acceptors (Lipinski definition) is 1. The average molecular weight is 318 g/mol. The highest BCUT2D eigenvalue weighted by Gasteiger charge is 1.92. The van der Waals surface area contributed by atoms with Crippen LogP contribution in [-0.4, -0.2) is 0 Å². The first-order valence-electron chi connectivity index (χ1n) is 5.07. The topological polar surface area (TPSA) is 9.23 Å². The molecule has 0 spiro atoms. The minimum atomic E-state index is 0.922. The van der Waals surface area contributed by atoms with Gasteiger partial charge in [0.25, 0.3) is 0 Å². The maximum atomic E-state index is 5.02. The van der Waals surface area contributed by atoms with Crippen molar-refractivity contribution in [2.75, 3.05) is 0 Å². The van der Waals surface area contributed by atoms with Crippen LogP contribution in [0.4, 0.5) is 0 Å². The highest BCUT2D eigenvalue weighted by molar-refractivity contribution is 14.1. The van der Waals surface area contributed by atoms with Crippen molar-refractivity contribution < 1.29 is 3.07 Å². The van der Waals surface area contributed by atoms with Gasteiger partial charge in [0.05, 0.1) is 0 Å². The second kappa shape index (κ2) is 13.3. The zero-order chi connectivity index (χ0) is 12.1. The molecule has 0 fully saturated rings. The monoisotopic (exact) mass is 318 g/mol. The normalized spacial score (nSPS) is 7.60. The minimum Gasteiger partial charge on any atom is -0.428 e. The van der Waals surface area contributed by atoms with Crippen LogP contribution in [0.15, 0.2) is 24.3 Å². The van der Waals surface area contributed by atoms with Crippen LogP contribution in [-0.2, 0) is 6.42 Å². The first-order chi connectivity index (χ1) is 7.36. The van der Waals surface area contributed by atoms with Crippen LogP contribution >= 0.6 is 23.0 Å². The van der Waals surface area contributed by atoms with E-state index in [-0.39, 0.29) is 0 Å². The summed E-state index contributed by atoms with van der Waals surface area (Å²) in [6.45, 7) is 6.18. The molecule has 15 heavy (non-hydrogen) atoms. The highest BCUT2D eigenvalue weighted by Crippen LogP contribution is 2.14. The quantitative estimate of drug-likeness (QED) is 0.582. The van der Waals surface area contributed by atoms with Gasteiger partial charge >= 0.3 is 0 Å². The fourth-order valence-corrected chi connectivity index (χ4v) is 1.29. The van der Waals surface area contributed by atoms with E-state index in [4.69, 9.17) is 3.07 Å². The van der Waals surface area contributed by atoms with Gasteiger partial charge in [-0.2, -0.15) is 0 Å². The van der Waals surface area contributed by atoms with E-state index in [0.717, 1.165) is 12.2 Å². The lowest BCUT2D eigenvalue weighted by Gasteiger charge is -1.99. The maximum Gasteiger partial charge on any atom is 0.192 e. The van der Waals surface area contributed by atoms with Crippen molar-refractivity contribution >= 4 is 23.0 Å². The van der Waals surface area contributed by atoms with Gasteiger partial charge in [-0.1, -0.05) is 39.3 Å². The molecule has 0 unspecified atom stereocenters. The lowest BCUT2D eigenvalue weighted by Crippen LogP contribution is -1.81. The van der Waals surface area contributed by atoms with Gasteiger partial charge in [-0.3, -0.25) is 0 Å². The van der Waals surface area contributed by atoms with E-state index < -0.39 is 0 Å². The molecule has 0 heterocycles. The van der Waals surface area contributed by atoms with Crippen molar-refractivity contribution in [3.63, 3.8) is 0 Å². The predicted octanol–water partition coefficient (Wildman–Crippen LogP) is 4.64. The van der Waals surface area contributed by atoms with E-state index in [0.29, 0.717) is 0 Å². The summed E-state index contributed by atoms with van der Waals surface area (Å²) in [6.07, 6.45) is 10.4. The van der Waals surface area contributed by atoms with Gasteiger partial charge in [0.15, 0.2) is 23.0 Å². The van der Waals surface area contributed by atoms with Crippen molar-refractivity contribution in [1.29, 1.82) is 0 Å². The summed E-state index contributed by atoms with van der Waals surface area (Å²) >= 11 is 1.89. The van der Waals surface area contributed by atoms with Crippen LogP contribution in [0, 0.1) is 12.8 Å². The molecular weight excluding hydrogens is 299 g/mol. The van der Waals surface area contributed by atoms with Gasteiger partial charge in [-0.05, 0) is 24.1 Å². The van der Waals surface area contributed by atoms with Crippen molar-refractivity contribution in [2.45, 2.75) is 33.6 Å². The van der Waals surface area contributed by atoms with Crippen LogP contribution in [0.1, 0.15) is 32.8 Å². The number of halogens is 1. The van der Waals surface area contributed by atoms with Crippen molar-refractivity contribution in [2.24, 2.45) is 0 Å². The van der Waals surface area contributed by atoms with E-state index in [9.17, 15) is 0 Å². The molecule has 0 aliphatic carbocycles. The molecule has 0 saturated carbocycles. The minimum absolute atomic E-state index is 0.922. The Labute approximate surface area is 108 Å². The van der Waals surface area contributed by atoms with Crippen molar-refractivity contribution in [1.82, 2.24) is 0 Å². The Morgan fingerprint density at radius 3 is 1.93 bits per heavy atom. The number of aryl methyl sites for hydroxylation is 1. The van der Waals surface area contributed by atoms with Gasteiger partial charge in [0, 0.05) is 0 Å². The fraction of sp³-hybridized carbons (Fsp3) is 0.385. The lowest BCUT2D eigenvalue weighted by atomic mass is 10.1. The first kappa shape index (κ1) is 16.7. The molecule has 0 bridgehead atoms.